The van der Waals surface area contributed by atoms with Crippen LogP contribution in [0, 0.1) is 6.92 Å². The molecule has 0 saturated carbocycles. The molecule has 1 aliphatic heterocycles. The van der Waals surface area contributed by atoms with Crippen molar-refractivity contribution < 1.29 is 9.26 Å². The van der Waals surface area contributed by atoms with Gasteiger partial charge in [0.25, 0.3) is 0 Å². The number of ether oxygens (including phenoxy) is 1. The van der Waals surface area contributed by atoms with Crippen LogP contribution >= 0.6 is 11.3 Å². The number of thiazole rings is 1. The Balaban J connectivity index is 1.44. The van der Waals surface area contributed by atoms with Crippen LogP contribution in [0.3, 0.4) is 0 Å². The van der Waals surface area contributed by atoms with Gasteiger partial charge in [-0.3, -0.25) is 5.10 Å². The first kappa shape index (κ1) is 19.6. The normalized spacial score (nSPS) is 16.2. The monoisotopic (exact) mass is 438 g/mol. The fourth-order valence-corrected chi connectivity index (χ4v) is 4.30. The van der Waals surface area contributed by atoms with Crippen LogP contribution in [-0.2, 0) is 11.3 Å². The van der Waals surface area contributed by atoms with Crippen molar-refractivity contribution in [3.63, 3.8) is 0 Å². The molecule has 5 heterocycles. The largest absolute Gasteiger partial charge is 0.378 e. The highest BCUT2D eigenvalue weighted by atomic mass is 32.1. The van der Waals surface area contributed by atoms with Gasteiger partial charge in [-0.1, -0.05) is 5.16 Å². The number of nitrogens with one attached hydrogen (secondary N) is 2. The molecule has 11 heteroatoms. The lowest BCUT2D eigenvalue weighted by atomic mass is 10.1. The highest BCUT2D eigenvalue weighted by Crippen LogP contribution is 2.37. The van der Waals surface area contributed by atoms with E-state index in [1.165, 1.54) is 11.3 Å². The van der Waals surface area contributed by atoms with Crippen molar-refractivity contribution in [2.45, 2.75) is 32.4 Å². The van der Waals surface area contributed by atoms with Crippen LogP contribution in [0.4, 0.5) is 17.6 Å². The molecule has 5 rings (SSSR count). The summed E-state index contributed by atoms with van der Waals surface area (Å²) in [6.45, 7) is 3.17. The van der Waals surface area contributed by atoms with Crippen molar-refractivity contribution in [3.05, 3.63) is 46.9 Å². The van der Waals surface area contributed by atoms with Gasteiger partial charge in [0.1, 0.15) is 16.5 Å². The Morgan fingerprint density at radius 3 is 3.00 bits per heavy atom. The van der Waals surface area contributed by atoms with E-state index in [1.54, 1.807) is 13.3 Å². The maximum absolute atomic E-state index is 5.70. The zero-order valence-corrected chi connectivity index (χ0v) is 18.0. The molecular weight excluding hydrogens is 416 g/mol. The van der Waals surface area contributed by atoms with E-state index in [0.717, 1.165) is 47.2 Å². The number of hydrogen-bond acceptors (Lipinski definition) is 10. The zero-order valence-electron chi connectivity index (χ0n) is 17.2. The van der Waals surface area contributed by atoms with Crippen LogP contribution in [0.2, 0.25) is 0 Å². The molecule has 160 valence electrons. The van der Waals surface area contributed by atoms with E-state index in [4.69, 9.17) is 19.2 Å². The van der Waals surface area contributed by atoms with Gasteiger partial charge in [-0.25, -0.2) is 9.97 Å². The minimum absolute atomic E-state index is 0.0134. The lowest BCUT2D eigenvalue weighted by Gasteiger charge is -2.23. The molecule has 0 radical (unpaired) electrons. The van der Waals surface area contributed by atoms with Crippen LogP contribution < -0.4 is 10.2 Å². The third-order valence-corrected chi connectivity index (χ3v) is 5.84. The molecule has 1 unspecified atom stereocenters. The molecule has 0 bridgehead atoms. The summed E-state index contributed by atoms with van der Waals surface area (Å²) in [4.78, 5) is 16.0. The number of nitrogens with zero attached hydrogens (tertiary/aromatic N) is 6. The summed E-state index contributed by atoms with van der Waals surface area (Å²) in [6, 6.07) is 5.77. The Bertz CT molecular complexity index is 1160. The highest BCUT2D eigenvalue weighted by molar-refractivity contribution is 7.13. The van der Waals surface area contributed by atoms with Crippen LogP contribution in [0.25, 0.3) is 10.7 Å². The van der Waals surface area contributed by atoms with Gasteiger partial charge >= 0.3 is 0 Å². The first-order valence-electron chi connectivity index (χ1n) is 9.98. The van der Waals surface area contributed by atoms with Gasteiger partial charge < -0.3 is 19.5 Å². The average Bonchev–Trinajstić information content (AvgIpc) is 3.54. The molecule has 1 fully saturated rings. The van der Waals surface area contributed by atoms with E-state index in [2.05, 4.69) is 30.6 Å². The minimum Gasteiger partial charge on any atom is -0.378 e. The molecule has 1 aliphatic rings. The van der Waals surface area contributed by atoms with Crippen molar-refractivity contribution in [2.24, 2.45) is 0 Å². The minimum atomic E-state index is 0.0134. The number of rotatable bonds is 7. The molecule has 0 spiro atoms. The molecule has 0 aliphatic carbocycles. The van der Waals surface area contributed by atoms with E-state index >= 15 is 0 Å². The Kier molecular flexibility index (Phi) is 5.35. The first-order valence-corrected chi connectivity index (χ1v) is 10.9. The van der Waals surface area contributed by atoms with Crippen molar-refractivity contribution >= 4 is 28.9 Å². The number of hydrogen-bond donors (Lipinski definition) is 2. The zero-order chi connectivity index (χ0) is 21.2. The molecule has 4 aromatic heterocycles. The van der Waals surface area contributed by atoms with Gasteiger partial charge in [0.2, 0.25) is 5.95 Å². The van der Waals surface area contributed by atoms with E-state index in [-0.39, 0.29) is 6.04 Å². The van der Waals surface area contributed by atoms with E-state index in [9.17, 15) is 0 Å². The third-order valence-electron chi connectivity index (χ3n) is 5.04. The van der Waals surface area contributed by atoms with Crippen molar-refractivity contribution in [1.82, 2.24) is 30.3 Å². The van der Waals surface area contributed by atoms with Crippen LogP contribution in [0.1, 0.15) is 36.0 Å². The molecule has 0 amide bonds. The molecule has 1 saturated heterocycles. The molecule has 0 aromatic carbocycles. The van der Waals surface area contributed by atoms with Crippen molar-refractivity contribution in [1.29, 1.82) is 0 Å². The average molecular weight is 439 g/mol. The van der Waals surface area contributed by atoms with Crippen LogP contribution in [0.5, 0.6) is 0 Å². The number of aromatic nitrogens is 6. The van der Waals surface area contributed by atoms with Gasteiger partial charge in [0, 0.05) is 49.1 Å². The number of aryl methyl sites for hydroxylation is 1. The number of methoxy groups -OCH3 is 1. The maximum Gasteiger partial charge on any atom is 0.228 e. The van der Waals surface area contributed by atoms with E-state index in [0.29, 0.717) is 24.2 Å². The lowest BCUT2D eigenvalue weighted by Crippen LogP contribution is -2.25. The maximum atomic E-state index is 5.70. The lowest BCUT2D eigenvalue weighted by molar-refractivity contribution is 0.181. The molecule has 4 aromatic rings. The number of H-pyrrole nitrogens is 1. The standard InChI is InChI=1S/C20H22N8O2S/c1-12-8-18(26-25-12)23-17-9-13(11-29-2)22-20(24-17)28-6-3-4-15(28)16-10-14(27-30-16)19-21-5-7-31-19/h5,7-10,15H,3-4,6,11H2,1-2H3,(H2,22,23,24,25,26). The highest BCUT2D eigenvalue weighted by Gasteiger charge is 2.32. The summed E-state index contributed by atoms with van der Waals surface area (Å²) < 4.78 is 11.0. The number of anilines is 3. The van der Waals surface area contributed by atoms with E-state index in [1.807, 2.05) is 30.5 Å². The molecule has 1 atom stereocenters. The molecule has 31 heavy (non-hydrogen) atoms. The fraction of sp³-hybridized carbons (Fsp3) is 0.350. The topological polar surface area (TPSA) is 118 Å². The predicted molar refractivity (Wildman–Crippen MR) is 116 cm³/mol. The smallest absolute Gasteiger partial charge is 0.228 e. The van der Waals surface area contributed by atoms with Crippen LogP contribution in [0.15, 0.2) is 34.3 Å². The molecule has 2 N–H and O–H groups in total. The Hall–Kier alpha value is -3.31. The summed E-state index contributed by atoms with van der Waals surface area (Å²) >= 11 is 1.54. The van der Waals surface area contributed by atoms with Gasteiger partial charge in [-0.05, 0) is 19.8 Å². The van der Waals surface area contributed by atoms with Gasteiger partial charge in [-0.2, -0.15) is 10.1 Å². The molecule has 10 nitrogen and oxygen atoms in total. The van der Waals surface area contributed by atoms with Gasteiger partial charge in [0.15, 0.2) is 11.6 Å². The second-order valence-corrected chi connectivity index (χ2v) is 8.24. The van der Waals surface area contributed by atoms with Crippen molar-refractivity contribution in [2.75, 3.05) is 23.9 Å². The summed E-state index contributed by atoms with van der Waals surface area (Å²) in [7, 11) is 1.65. The van der Waals surface area contributed by atoms with Gasteiger partial charge in [0.05, 0.1) is 18.3 Å². The molecular formula is C20H22N8O2S. The Morgan fingerprint density at radius 1 is 1.29 bits per heavy atom. The summed E-state index contributed by atoms with van der Waals surface area (Å²) in [5.74, 6) is 2.78. The quantitative estimate of drug-likeness (QED) is 0.443. The van der Waals surface area contributed by atoms with Crippen LogP contribution in [-0.4, -0.2) is 44.0 Å². The second-order valence-electron chi connectivity index (χ2n) is 7.34. The Morgan fingerprint density at radius 2 is 2.23 bits per heavy atom. The number of aromatic amines is 1. The SMILES string of the molecule is COCc1cc(Nc2cc(C)[nH]n2)nc(N2CCCC2c2cc(-c3nccs3)no2)n1. The predicted octanol–water partition coefficient (Wildman–Crippen LogP) is 3.85. The van der Waals surface area contributed by atoms with Gasteiger partial charge in [-0.15, -0.1) is 11.3 Å². The first-order chi connectivity index (χ1) is 15.2. The summed E-state index contributed by atoms with van der Waals surface area (Å²) in [5, 5.41) is 17.4. The van der Waals surface area contributed by atoms with Crippen molar-refractivity contribution in [3.8, 4) is 10.7 Å². The third kappa shape index (κ3) is 4.14. The second kappa shape index (κ2) is 8.44. The fourth-order valence-electron chi connectivity index (χ4n) is 3.71. The summed E-state index contributed by atoms with van der Waals surface area (Å²) in [5.41, 5.74) is 2.51. The Labute approximate surface area is 182 Å². The van der Waals surface area contributed by atoms with E-state index < -0.39 is 0 Å². The summed E-state index contributed by atoms with van der Waals surface area (Å²) in [6.07, 6.45) is 3.71.